The number of hydrogen-bond donors (Lipinski definition) is 1. The van der Waals surface area contributed by atoms with E-state index in [1.54, 1.807) is 6.07 Å². The maximum absolute atomic E-state index is 12.3. The van der Waals surface area contributed by atoms with Gasteiger partial charge >= 0.3 is 6.36 Å². The third kappa shape index (κ3) is 4.63. The van der Waals surface area contributed by atoms with E-state index in [1.165, 1.54) is 18.2 Å². The van der Waals surface area contributed by atoms with Gasteiger partial charge < -0.3 is 14.8 Å². The van der Waals surface area contributed by atoms with E-state index in [-0.39, 0.29) is 17.6 Å². The zero-order valence-corrected chi connectivity index (χ0v) is 10.4. The van der Waals surface area contributed by atoms with Gasteiger partial charge in [-0.2, -0.15) is 0 Å². The van der Waals surface area contributed by atoms with Gasteiger partial charge in [0.15, 0.2) is 11.5 Å². The second-order valence-electron chi connectivity index (χ2n) is 4.42. The highest BCUT2D eigenvalue weighted by Crippen LogP contribution is 2.33. The highest BCUT2D eigenvalue weighted by atomic mass is 19.4. The Morgan fingerprint density at radius 2 is 1.79 bits per heavy atom. The van der Waals surface area contributed by atoms with E-state index < -0.39 is 6.36 Å². The zero-order chi connectivity index (χ0) is 13.7. The summed E-state index contributed by atoms with van der Waals surface area (Å²) in [5.41, 5.74) is 0. The van der Waals surface area contributed by atoms with E-state index >= 15 is 0 Å². The maximum Gasteiger partial charge on any atom is 0.573 e. The molecule has 0 saturated carbocycles. The summed E-state index contributed by atoms with van der Waals surface area (Å²) >= 11 is 0. The summed E-state index contributed by atoms with van der Waals surface area (Å²) in [6.07, 6.45) is -2.22. The Kier molecular flexibility index (Phi) is 4.52. The molecular formula is C13H16F3NO2. The van der Waals surface area contributed by atoms with Crippen molar-refractivity contribution in [1.29, 1.82) is 0 Å². The van der Waals surface area contributed by atoms with Crippen molar-refractivity contribution >= 4 is 0 Å². The fourth-order valence-corrected chi connectivity index (χ4v) is 2.04. The lowest BCUT2D eigenvalue weighted by molar-refractivity contribution is -0.275. The minimum absolute atomic E-state index is 0.0759. The fourth-order valence-electron chi connectivity index (χ4n) is 2.04. The predicted molar refractivity (Wildman–Crippen MR) is 64.3 cm³/mol. The number of alkyl halides is 3. The first kappa shape index (κ1) is 14.0. The molecule has 0 spiro atoms. The smallest absolute Gasteiger partial charge is 0.486 e. The van der Waals surface area contributed by atoms with Crippen LogP contribution in [0.5, 0.6) is 11.5 Å². The Hall–Kier alpha value is -1.43. The van der Waals surface area contributed by atoms with Crippen LogP contribution in [0.1, 0.15) is 19.3 Å². The van der Waals surface area contributed by atoms with Gasteiger partial charge in [-0.05, 0) is 44.5 Å². The average molecular weight is 275 g/mol. The molecule has 0 aromatic heterocycles. The number of nitrogens with one attached hydrogen (secondary N) is 1. The summed E-state index contributed by atoms with van der Waals surface area (Å²) in [7, 11) is 0. The first-order valence-corrected chi connectivity index (χ1v) is 6.27. The van der Waals surface area contributed by atoms with Gasteiger partial charge in [0.05, 0.1) is 0 Å². The first-order chi connectivity index (χ1) is 9.04. The molecule has 1 saturated heterocycles. The Balaban J connectivity index is 2.06. The number of hydrogen-bond acceptors (Lipinski definition) is 3. The van der Waals surface area contributed by atoms with Gasteiger partial charge in [0, 0.05) is 0 Å². The number of rotatable bonds is 3. The van der Waals surface area contributed by atoms with E-state index in [4.69, 9.17) is 4.74 Å². The van der Waals surface area contributed by atoms with Crippen molar-refractivity contribution in [2.24, 2.45) is 0 Å². The Morgan fingerprint density at radius 3 is 2.53 bits per heavy atom. The summed E-state index contributed by atoms with van der Waals surface area (Å²) in [6, 6.07) is 5.88. The van der Waals surface area contributed by atoms with Crippen molar-refractivity contribution in [3.05, 3.63) is 24.3 Å². The molecule has 1 aromatic rings. The molecule has 0 amide bonds. The molecular weight excluding hydrogens is 259 g/mol. The average Bonchev–Trinajstić information content (AvgIpc) is 2.58. The van der Waals surface area contributed by atoms with E-state index in [0.29, 0.717) is 0 Å². The highest BCUT2D eigenvalue weighted by molar-refractivity contribution is 5.39. The molecule has 0 radical (unpaired) electrons. The quantitative estimate of drug-likeness (QED) is 0.919. The number of halogens is 3. The van der Waals surface area contributed by atoms with Crippen LogP contribution in [-0.2, 0) is 0 Å². The van der Waals surface area contributed by atoms with Gasteiger partial charge in [0.25, 0.3) is 0 Å². The second-order valence-corrected chi connectivity index (χ2v) is 4.42. The minimum Gasteiger partial charge on any atom is -0.486 e. The molecule has 19 heavy (non-hydrogen) atoms. The molecule has 106 valence electrons. The fraction of sp³-hybridized carbons (Fsp3) is 0.538. The number of benzene rings is 1. The maximum atomic E-state index is 12.3. The van der Waals surface area contributed by atoms with Gasteiger partial charge in [-0.3, -0.25) is 0 Å². The third-order valence-corrected chi connectivity index (χ3v) is 2.89. The predicted octanol–water partition coefficient (Wildman–Crippen LogP) is 3.11. The van der Waals surface area contributed by atoms with Crippen LogP contribution in [0, 0.1) is 0 Å². The van der Waals surface area contributed by atoms with E-state index in [9.17, 15) is 13.2 Å². The molecule has 2 rings (SSSR count). The van der Waals surface area contributed by atoms with E-state index in [0.717, 1.165) is 32.4 Å². The number of para-hydroxylation sites is 2. The van der Waals surface area contributed by atoms with Crippen LogP contribution in [0.25, 0.3) is 0 Å². The van der Waals surface area contributed by atoms with Crippen LogP contribution in [0.3, 0.4) is 0 Å². The Morgan fingerprint density at radius 1 is 1.05 bits per heavy atom. The SMILES string of the molecule is FC(F)(F)Oc1ccccc1OC1CCCNCC1. The number of ether oxygens (including phenoxy) is 2. The van der Waals surface area contributed by atoms with Crippen molar-refractivity contribution in [1.82, 2.24) is 5.32 Å². The molecule has 1 heterocycles. The van der Waals surface area contributed by atoms with Crippen LogP contribution in [0.15, 0.2) is 24.3 Å². The monoisotopic (exact) mass is 275 g/mol. The summed E-state index contributed by atoms with van der Waals surface area (Å²) in [4.78, 5) is 0. The van der Waals surface area contributed by atoms with Crippen LogP contribution in [0.2, 0.25) is 0 Å². The van der Waals surface area contributed by atoms with Crippen molar-refractivity contribution < 1.29 is 22.6 Å². The van der Waals surface area contributed by atoms with Crippen LogP contribution < -0.4 is 14.8 Å². The van der Waals surface area contributed by atoms with Crippen LogP contribution in [-0.4, -0.2) is 25.6 Å². The van der Waals surface area contributed by atoms with Gasteiger partial charge in [0.2, 0.25) is 0 Å². The summed E-state index contributed by atoms with van der Waals surface area (Å²) in [6.45, 7) is 1.73. The third-order valence-electron chi connectivity index (χ3n) is 2.89. The molecule has 1 atom stereocenters. The van der Waals surface area contributed by atoms with Crippen molar-refractivity contribution in [3.63, 3.8) is 0 Å². The normalized spacial score (nSPS) is 20.7. The largest absolute Gasteiger partial charge is 0.573 e. The van der Waals surface area contributed by atoms with Gasteiger partial charge in [-0.1, -0.05) is 12.1 Å². The lowest BCUT2D eigenvalue weighted by atomic mass is 10.1. The summed E-state index contributed by atoms with van der Waals surface area (Å²) in [5.74, 6) is -0.140. The second kappa shape index (κ2) is 6.14. The zero-order valence-electron chi connectivity index (χ0n) is 10.4. The molecule has 1 aliphatic rings. The molecule has 0 aliphatic carbocycles. The van der Waals surface area contributed by atoms with Crippen molar-refractivity contribution in [2.45, 2.75) is 31.7 Å². The molecule has 3 nitrogen and oxygen atoms in total. The lowest BCUT2D eigenvalue weighted by Gasteiger charge is -2.19. The topological polar surface area (TPSA) is 30.5 Å². The molecule has 0 bridgehead atoms. The highest BCUT2D eigenvalue weighted by Gasteiger charge is 2.32. The van der Waals surface area contributed by atoms with Gasteiger partial charge in [0.1, 0.15) is 6.10 Å². The molecule has 1 aromatic carbocycles. The molecule has 1 fully saturated rings. The van der Waals surface area contributed by atoms with E-state index in [1.807, 2.05) is 0 Å². The molecule has 1 unspecified atom stereocenters. The first-order valence-electron chi connectivity index (χ1n) is 6.27. The summed E-state index contributed by atoms with van der Waals surface area (Å²) in [5, 5.41) is 3.22. The Bertz CT molecular complexity index is 401. The van der Waals surface area contributed by atoms with Crippen molar-refractivity contribution in [3.8, 4) is 11.5 Å². The lowest BCUT2D eigenvalue weighted by Crippen LogP contribution is -2.21. The summed E-state index contributed by atoms with van der Waals surface area (Å²) < 4.78 is 46.4. The van der Waals surface area contributed by atoms with Gasteiger partial charge in [-0.15, -0.1) is 13.2 Å². The van der Waals surface area contributed by atoms with Gasteiger partial charge in [-0.25, -0.2) is 0 Å². The minimum atomic E-state index is -4.70. The van der Waals surface area contributed by atoms with Crippen molar-refractivity contribution in [2.75, 3.05) is 13.1 Å². The molecule has 6 heteroatoms. The molecule has 1 N–H and O–H groups in total. The van der Waals surface area contributed by atoms with Crippen LogP contribution in [0.4, 0.5) is 13.2 Å². The van der Waals surface area contributed by atoms with Crippen LogP contribution >= 0.6 is 0 Å². The van der Waals surface area contributed by atoms with E-state index in [2.05, 4.69) is 10.1 Å². The standard InChI is InChI=1S/C13H16F3NO2/c14-13(15,16)19-12-6-2-1-5-11(12)18-10-4-3-8-17-9-7-10/h1-2,5-6,10,17H,3-4,7-9H2. The Labute approximate surface area is 109 Å². The molecule has 1 aliphatic heterocycles.